The Bertz CT molecular complexity index is 137. The summed E-state index contributed by atoms with van der Waals surface area (Å²) in [6.45, 7) is -0.505. The first-order chi connectivity index (χ1) is 4.66. The van der Waals surface area contributed by atoms with Crippen molar-refractivity contribution in [2.75, 3.05) is 13.2 Å². The van der Waals surface area contributed by atoms with Crippen molar-refractivity contribution in [2.24, 2.45) is 0 Å². The second kappa shape index (κ2) is 5.15. The summed E-state index contributed by atoms with van der Waals surface area (Å²) in [6, 6.07) is 0. The van der Waals surface area contributed by atoms with E-state index in [1.54, 1.807) is 0 Å². The maximum Gasteiger partial charge on any atom is 0.420 e. The van der Waals surface area contributed by atoms with Gasteiger partial charge in [0.15, 0.2) is 0 Å². The van der Waals surface area contributed by atoms with Gasteiger partial charge >= 0.3 is 6.09 Å². The Morgan fingerprint density at radius 1 is 1.70 bits per heavy atom. The minimum absolute atomic E-state index is 0.191. The van der Waals surface area contributed by atoms with Gasteiger partial charge in [-0.25, -0.2) is 13.7 Å². The van der Waals surface area contributed by atoms with Gasteiger partial charge in [0.25, 0.3) is 11.3 Å². The lowest BCUT2D eigenvalue weighted by atomic mass is 10.8. The van der Waals surface area contributed by atoms with Gasteiger partial charge in [-0.1, -0.05) is 0 Å². The average molecular weight is 169 g/mol. The third-order valence-electron chi connectivity index (χ3n) is 0.495. The lowest BCUT2D eigenvalue weighted by molar-refractivity contribution is 0.124. The molecule has 0 aliphatic heterocycles. The topological polar surface area (TPSA) is 95.9 Å². The maximum absolute atomic E-state index is 10.2. The van der Waals surface area contributed by atoms with Crippen LogP contribution in [0, 0.1) is 0 Å². The molecule has 0 saturated carbocycles. The van der Waals surface area contributed by atoms with Crippen molar-refractivity contribution in [2.45, 2.75) is 0 Å². The van der Waals surface area contributed by atoms with Gasteiger partial charge in [0.1, 0.15) is 6.61 Å². The van der Waals surface area contributed by atoms with Crippen molar-refractivity contribution < 1.29 is 23.4 Å². The number of ether oxygens (including phenoxy) is 1. The Morgan fingerprint density at radius 2 is 2.30 bits per heavy atom. The van der Waals surface area contributed by atoms with E-state index in [4.69, 9.17) is 9.66 Å². The number of nitrogens with one attached hydrogen (secondary N) is 1. The first kappa shape index (κ1) is 9.34. The molecule has 7 heteroatoms. The lowest BCUT2D eigenvalue weighted by Crippen LogP contribution is -2.26. The summed E-state index contributed by atoms with van der Waals surface area (Å²) in [7, 11) is 0. The van der Waals surface area contributed by atoms with E-state index in [0.717, 1.165) is 0 Å². The molecular weight excluding hydrogens is 162 g/mol. The zero-order chi connectivity index (χ0) is 7.98. The van der Waals surface area contributed by atoms with Gasteiger partial charge in [0.05, 0.1) is 6.61 Å². The Hall–Kier alpha value is -0.660. The van der Waals surface area contributed by atoms with Crippen LogP contribution in [0.5, 0.6) is 0 Å². The monoisotopic (exact) mass is 169 g/mol. The highest BCUT2D eigenvalue weighted by atomic mass is 32.2. The van der Waals surface area contributed by atoms with Gasteiger partial charge in [0.2, 0.25) is 0 Å². The molecule has 10 heavy (non-hydrogen) atoms. The molecule has 0 aromatic carbocycles. The number of hydrogen-bond acceptors (Lipinski definition) is 4. The van der Waals surface area contributed by atoms with E-state index in [1.807, 2.05) is 0 Å². The Balaban J connectivity index is 3.35. The van der Waals surface area contributed by atoms with Crippen LogP contribution in [0.3, 0.4) is 0 Å². The third-order valence-corrected chi connectivity index (χ3v) is 0.836. The van der Waals surface area contributed by atoms with Crippen LogP contribution in [0.15, 0.2) is 0 Å². The van der Waals surface area contributed by atoms with E-state index in [9.17, 15) is 9.00 Å². The lowest BCUT2D eigenvalue weighted by Gasteiger charge is -1.99. The van der Waals surface area contributed by atoms with E-state index < -0.39 is 17.4 Å². The average Bonchev–Trinajstić information content (AvgIpc) is 1.82. The van der Waals surface area contributed by atoms with Gasteiger partial charge in [-0.3, -0.25) is 4.55 Å². The molecule has 1 unspecified atom stereocenters. The van der Waals surface area contributed by atoms with Gasteiger partial charge in [-0.15, -0.1) is 0 Å². The SMILES string of the molecule is O=C(NS(=O)O)OCCO. The molecule has 0 aromatic heterocycles. The highest BCUT2D eigenvalue weighted by Gasteiger charge is 2.02. The summed E-state index contributed by atoms with van der Waals surface area (Å²) in [5, 5.41) is 8.11. The van der Waals surface area contributed by atoms with Gasteiger partial charge < -0.3 is 9.84 Å². The molecule has 0 saturated heterocycles. The molecule has 60 valence electrons. The summed E-state index contributed by atoms with van der Waals surface area (Å²) in [5.41, 5.74) is 0. The molecule has 0 fully saturated rings. The Morgan fingerprint density at radius 3 is 2.70 bits per heavy atom. The summed E-state index contributed by atoms with van der Waals surface area (Å²) in [5.74, 6) is 0. The van der Waals surface area contributed by atoms with Crippen LogP contribution in [0.2, 0.25) is 0 Å². The smallest absolute Gasteiger partial charge is 0.420 e. The number of rotatable bonds is 3. The normalized spacial score (nSPS) is 12.2. The fourth-order valence-electron chi connectivity index (χ4n) is 0.239. The first-order valence-corrected chi connectivity index (χ1v) is 3.42. The minimum atomic E-state index is -2.41. The van der Waals surface area contributed by atoms with Gasteiger partial charge in [-0.2, -0.15) is 0 Å². The minimum Gasteiger partial charge on any atom is -0.446 e. The molecule has 0 aliphatic rings. The molecule has 0 rings (SSSR count). The van der Waals surface area contributed by atoms with Crippen molar-refractivity contribution in [1.29, 1.82) is 0 Å². The van der Waals surface area contributed by atoms with E-state index >= 15 is 0 Å². The number of aliphatic hydroxyl groups excluding tert-OH is 1. The summed E-state index contributed by atoms with van der Waals surface area (Å²) >= 11 is -2.41. The van der Waals surface area contributed by atoms with Gasteiger partial charge in [-0.05, 0) is 0 Å². The second-order valence-electron chi connectivity index (χ2n) is 1.21. The fraction of sp³-hybridized carbons (Fsp3) is 0.667. The van der Waals surface area contributed by atoms with Crippen LogP contribution in [0.1, 0.15) is 0 Å². The number of aliphatic hydroxyl groups is 1. The van der Waals surface area contributed by atoms with Gasteiger partial charge in [0, 0.05) is 0 Å². The van der Waals surface area contributed by atoms with Crippen molar-refractivity contribution in [3.05, 3.63) is 0 Å². The van der Waals surface area contributed by atoms with Crippen molar-refractivity contribution >= 4 is 17.4 Å². The molecule has 0 heterocycles. The standard InChI is InChI=1S/C3H7NO5S/c5-1-2-9-3(6)4-10(7)8/h5H,1-2H2,(H,4,6)(H,7,8). The molecular formula is C3H7NO5S. The first-order valence-electron chi connectivity index (χ1n) is 2.32. The molecule has 0 aliphatic carbocycles. The van der Waals surface area contributed by atoms with Crippen molar-refractivity contribution in [3.63, 3.8) is 0 Å². The summed E-state index contributed by atoms with van der Waals surface area (Å²) in [6.07, 6.45) is -1.03. The maximum atomic E-state index is 10.2. The molecule has 6 nitrogen and oxygen atoms in total. The molecule has 3 N–H and O–H groups in total. The van der Waals surface area contributed by atoms with Crippen LogP contribution in [0.4, 0.5) is 4.79 Å². The van der Waals surface area contributed by atoms with Crippen LogP contribution in [-0.4, -0.2) is 33.2 Å². The zero-order valence-corrected chi connectivity index (χ0v) is 5.76. The number of carbonyl (C=O) groups excluding carboxylic acids is 1. The molecule has 1 amide bonds. The molecule has 1 atom stereocenters. The highest BCUT2D eigenvalue weighted by molar-refractivity contribution is 7.77. The Kier molecular flexibility index (Phi) is 4.81. The van der Waals surface area contributed by atoms with E-state index in [-0.39, 0.29) is 13.2 Å². The van der Waals surface area contributed by atoms with Crippen molar-refractivity contribution in [1.82, 2.24) is 4.72 Å². The van der Waals surface area contributed by atoms with E-state index in [2.05, 4.69) is 4.74 Å². The number of amides is 1. The van der Waals surface area contributed by atoms with Crippen LogP contribution < -0.4 is 4.72 Å². The number of carbonyl (C=O) groups is 1. The second-order valence-corrected chi connectivity index (χ2v) is 1.91. The fourth-order valence-corrected chi connectivity index (χ4v) is 0.441. The van der Waals surface area contributed by atoms with Crippen LogP contribution >= 0.6 is 0 Å². The van der Waals surface area contributed by atoms with Crippen LogP contribution in [-0.2, 0) is 16.0 Å². The predicted molar refractivity (Wildman–Crippen MR) is 32.3 cm³/mol. The molecule has 0 spiro atoms. The van der Waals surface area contributed by atoms with Crippen LogP contribution in [0.25, 0.3) is 0 Å². The summed E-state index contributed by atoms with van der Waals surface area (Å²) in [4.78, 5) is 10.2. The highest BCUT2D eigenvalue weighted by Crippen LogP contribution is 1.76. The molecule has 0 aromatic rings. The van der Waals surface area contributed by atoms with E-state index in [1.165, 1.54) is 4.72 Å². The third kappa shape index (κ3) is 5.48. The Labute approximate surface area is 59.6 Å². The molecule has 0 bridgehead atoms. The zero-order valence-electron chi connectivity index (χ0n) is 4.94. The quantitative estimate of drug-likeness (QED) is 0.463. The number of hydrogen-bond donors (Lipinski definition) is 3. The van der Waals surface area contributed by atoms with Crippen molar-refractivity contribution in [3.8, 4) is 0 Å². The molecule has 0 radical (unpaired) electrons. The largest absolute Gasteiger partial charge is 0.446 e. The predicted octanol–water partition coefficient (Wildman–Crippen LogP) is -1.16. The summed E-state index contributed by atoms with van der Waals surface area (Å²) < 4.78 is 23.5. The van der Waals surface area contributed by atoms with E-state index in [0.29, 0.717) is 0 Å².